The van der Waals surface area contributed by atoms with E-state index in [0.29, 0.717) is 19.3 Å². The Morgan fingerprint density at radius 2 is 1.89 bits per heavy atom. The van der Waals surface area contributed by atoms with Crippen molar-refractivity contribution < 1.29 is 20.1 Å². The maximum atomic E-state index is 10.6. The molecule has 18 heavy (non-hydrogen) atoms. The standard InChI is InChI=1S/C14H26O4/c1-10(6-5-7-11(2)13(16)17)8-9-12(15)14(3,4)18/h6,11-12,15,18H,5,7-9H2,1-4H3,(H,16,17)/b10-6+. The van der Waals surface area contributed by atoms with Crippen molar-refractivity contribution in [3.63, 3.8) is 0 Å². The Morgan fingerprint density at radius 1 is 1.33 bits per heavy atom. The highest BCUT2D eigenvalue weighted by molar-refractivity contribution is 5.69. The fourth-order valence-electron chi connectivity index (χ4n) is 1.52. The number of aliphatic carboxylic acids is 1. The average Bonchev–Trinajstić information content (AvgIpc) is 2.24. The van der Waals surface area contributed by atoms with Crippen LogP contribution in [0.4, 0.5) is 0 Å². The molecular formula is C14H26O4. The molecule has 0 aromatic rings. The molecule has 106 valence electrons. The second-order valence-corrected chi connectivity index (χ2v) is 5.58. The van der Waals surface area contributed by atoms with Gasteiger partial charge in [-0.05, 0) is 46.5 Å². The maximum absolute atomic E-state index is 10.6. The van der Waals surface area contributed by atoms with Gasteiger partial charge in [0.1, 0.15) is 0 Å². The lowest BCUT2D eigenvalue weighted by Gasteiger charge is -2.24. The number of carbonyl (C=O) groups is 1. The third kappa shape index (κ3) is 7.45. The zero-order chi connectivity index (χ0) is 14.3. The number of aliphatic hydroxyl groups excluding tert-OH is 1. The largest absolute Gasteiger partial charge is 0.481 e. The summed E-state index contributed by atoms with van der Waals surface area (Å²) in [7, 11) is 0. The molecule has 0 heterocycles. The van der Waals surface area contributed by atoms with Crippen LogP contribution in [0.5, 0.6) is 0 Å². The van der Waals surface area contributed by atoms with Gasteiger partial charge in [0, 0.05) is 0 Å². The lowest BCUT2D eigenvalue weighted by atomic mass is 9.95. The van der Waals surface area contributed by atoms with Crippen LogP contribution in [0.3, 0.4) is 0 Å². The number of carboxylic acids is 1. The van der Waals surface area contributed by atoms with Gasteiger partial charge in [0.05, 0.1) is 17.6 Å². The van der Waals surface area contributed by atoms with Crippen molar-refractivity contribution in [2.24, 2.45) is 5.92 Å². The molecular weight excluding hydrogens is 232 g/mol. The second-order valence-electron chi connectivity index (χ2n) is 5.58. The van der Waals surface area contributed by atoms with E-state index in [1.54, 1.807) is 20.8 Å². The van der Waals surface area contributed by atoms with Crippen molar-refractivity contribution in [3.05, 3.63) is 11.6 Å². The van der Waals surface area contributed by atoms with Crippen LogP contribution in [0.25, 0.3) is 0 Å². The van der Waals surface area contributed by atoms with Crippen LogP contribution in [0.2, 0.25) is 0 Å². The quantitative estimate of drug-likeness (QED) is 0.584. The zero-order valence-electron chi connectivity index (χ0n) is 11.8. The second kappa shape index (κ2) is 7.54. The van der Waals surface area contributed by atoms with E-state index in [2.05, 4.69) is 0 Å². The minimum absolute atomic E-state index is 0.323. The van der Waals surface area contributed by atoms with E-state index >= 15 is 0 Å². The fraction of sp³-hybridized carbons (Fsp3) is 0.786. The SMILES string of the molecule is C/C(=C\CCC(C)C(=O)O)CCC(O)C(C)(C)O. The molecule has 0 aliphatic carbocycles. The predicted octanol–water partition coefficient (Wildman–Crippen LogP) is 2.35. The third-order valence-corrected chi connectivity index (χ3v) is 3.14. The van der Waals surface area contributed by atoms with Gasteiger partial charge >= 0.3 is 5.97 Å². The van der Waals surface area contributed by atoms with Gasteiger partial charge in [-0.1, -0.05) is 18.6 Å². The van der Waals surface area contributed by atoms with E-state index in [9.17, 15) is 15.0 Å². The Balaban J connectivity index is 3.96. The molecule has 2 atom stereocenters. The fourth-order valence-corrected chi connectivity index (χ4v) is 1.52. The number of allylic oxidation sites excluding steroid dienone is 2. The van der Waals surface area contributed by atoms with E-state index in [4.69, 9.17) is 5.11 Å². The summed E-state index contributed by atoms with van der Waals surface area (Å²) in [5.74, 6) is -1.09. The van der Waals surface area contributed by atoms with Crippen LogP contribution >= 0.6 is 0 Å². The Labute approximate surface area is 109 Å². The number of rotatable bonds is 8. The highest BCUT2D eigenvalue weighted by Crippen LogP contribution is 2.17. The number of aliphatic hydroxyl groups is 2. The van der Waals surface area contributed by atoms with Crippen molar-refractivity contribution in [1.29, 1.82) is 0 Å². The minimum atomic E-state index is -1.07. The highest BCUT2D eigenvalue weighted by Gasteiger charge is 2.23. The summed E-state index contributed by atoms with van der Waals surface area (Å²) in [5.41, 5.74) is 0.0499. The molecule has 0 aliphatic heterocycles. The van der Waals surface area contributed by atoms with Gasteiger partial charge in [-0.15, -0.1) is 0 Å². The Morgan fingerprint density at radius 3 is 2.33 bits per heavy atom. The van der Waals surface area contributed by atoms with Crippen LogP contribution < -0.4 is 0 Å². The maximum Gasteiger partial charge on any atom is 0.306 e. The van der Waals surface area contributed by atoms with E-state index in [-0.39, 0.29) is 5.92 Å². The molecule has 4 nitrogen and oxygen atoms in total. The van der Waals surface area contributed by atoms with E-state index in [1.165, 1.54) is 0 Å². The average molecular weight is 258 g/mol. The van der Waals surface area contributed by atoms with Crippen LogP contribution in [0.15, 0.2) is 11.6 Å². The predicted molar refractivity (Wildman–Crippen MR) is 71.3 cm³/mol. The molecule has 0 rings (SSSR count). The van der Waals surface area contributed by atoms with Crippen LogP contribution in [0, 0.1) is 5.92 Å². The molecule has 0 amide bonds. The molecule has 4 heteroatoms. The summed E-state index contributed by atoms with van der Waals surface area (Å²) in [6, 6.07) is 0. The molecule has 0 aromatic heterocycles. The lowest BCUT2D eigenvalue weighted by Crippen LogP contribution is -2.35. The van der Waals surface area contributed by atoms with Crippen LogP contribution in [-0.4, -0.2) is 33.0 Å². The van der Waals surface area contributed by atoms with Gasteiger partial charge < -0.3 is 15.3 Å². The zero-order valence-corrected chi connectivity index (χ0v) is 11.8. The number of hydrogen-bond donors (Lipinski definition) is 3. The monoisotopic (exact) mass is 258 g/mol. The van der Waals surface area contributed by atoms with Crippen molar-refractivity contribution in [2.75, 3.05) is 0 Å². The Bertz CT molecular complexity index is 289. The molecule has 0 saturated heterocycles. The first-order valence-electron chi connectivity index (χ1n) is 6.43. The van der Waals surface area contributed by atoms with Crippen LogP contribution in [-0.2, 0) is 4.79 Å². The Kier molecular flexibility index (Phi) is 7.18. The van der Waals surface area contributed by atoms with Crippen molar-refractivity contribution >= 4 is 5.97 Å². The summed E-state index contributed by atoms with van der Waals surface area (Å²) >= 11 is 0. The van der Waals surface area contributed by atoms with E-state index in [1.807, 2.05) is 13.0 Å². The molecule has 0 bridgehead atoms. The third-order valence-electron chi connectivity index (χ3n) is 3.14. The molecule has 0 aromatic carbocycles. The summed E-state index contributed by atoms with van der Waals surface area (Å²) in [5, 5.41) is 28.0. The summed E-state index contributed by atoms with van der Waals surface area (Å²) < 4.78 is 0. The van der Waals surface area contributed by atoms with E-state index < -0.39 is 17.7 Å². The van der Waals surface area contributed by atoms with Gasteiger partial charge in [0.25, 0.3) is 0 Å². The minimum Gasteiger partial charge on any atom is -0.481 e. The van der Waals surface area contributed by atoms with Gasteiger partial charge in [0.15, 0.2) is 0 Å². The molecule has 3 N–H and O–H groups in total. The van der Waals surface area contributed by atoms with Crippen molar-refractivity contribution in [2.45, 2.75) is 65.1 Å². The van der Waals surface area contributed by atoms with Gasteiger partial charge in [0.2, 0.25) is 0 Å². The summed E-state index contributed by atoms with van der Waals surface area (Å²) in [6.07, 6.45) is 3.86. The number of hydrogen-bond acceptors (Lipinski definition) is 3. The van der Waals surface area contributed by atoms with Crippen molar-refractivity contribution in [1.82, 2.24) is 0 Å². The molecule has 0 aliphatic rings. The highest BCUT2D eigenvalue weighted by atomic mass is 16.4. The normalized spacial score (nSPS) is 16.4. The van der Waals surface area contributed by atoms with Crippen LogP contribution in [0.1, 0.15) is 53.4 Å². The molecule has 2 unspecified atom stereocenters. The lowest BCUT2D eigenvalue weighted by molar-refractivity contribution is -0.141. The topological polar surface area (TPSA) is 77.8 Å². The molecule has 0 saturated carbocycles. The first-order valence-corrected chi connectivity index (χ1v) is 6.43. The molecule has 0 fully saturated rings. The Hall–Kier alpha value is -0.870. The van der Waals surface area contributed by atoms with Gasteiger partial charge in [-0.2, -0.15) is 0 Å². The van der Waals surface area contributed by atoms with E-state index in [0.717, 1.165) is 12.0 Å². The molecule has 0 spiro atoms. The summed E-state index contributed by atoms with van der Waals surface area (Å²) in [6.45, 7) is 6.84. The summed E-state index contributed by atoms with van der Waals surface area (Å²) in [4.78, 5) is 10.6. The van der Waals surface area contributed by atoms with Gasteiger partial charge in [-0.25, -0.2) is 0 Å². The number of carboxylic acid groups (broad SMARTS) is 1. The smallest absolute Gasteiger partial charge is 0.306 e. The first-order chi connectivity index (χ1) is 8.14. The molecule has 0 radical (unpaired) electrons. The van der Waals surface area contributed by atoms with Gasteiger partial charge in [-0.3, -0.25) is 4.79 Å². The first kappa shape index (κ1) is 17.1. The van der Waals surface area contributed by atoms with Crippen molar-refractivity contribution in [3.8, 4) is 0 Å².